The van der Waals surface area contributed by atoms with Crippen LogP contribution >= 0.6 is 0 Å². The van der Waals surface area contributed by atoms with E-state index in [1.165, 1.54) is 13.1 Å². The number of nitrogens with one attached hydrogen (secondary N) is 3. The van der Waals surface area contributed by atoms with Crippen LogP contribution in [0, 0.1) is 0 Å². The molecule has 142 valence electrons. The van der Waals surface area contributed by atoms with E-state index in [0.29, 0.717) is 18.5 Å². The van der Waals surface area contributed by atoms with E-state index in [4.69, 9.17) is 5.11 Å². The third-order valence-corrected chi connectivity index (χ3v) is 3.71. The minimum Gasteiger partial charge on any atom is -0.481 e. The lowest BCUT2D eigenvalue weighted by Gasteiger charge is -2.16. The molecule has 0 aliphatic heterocycles. The Hall–Kier alpha value is -3.49. The number of aromatic nitrogens is 2. The van der Waals surface area contributed by atoms with Gasteiger partial charge in [-0.25, -0.2) is 4.98 Å². The van der Waals surface area contributed by atoms with Crippen LogP contribution in [0.3, 0.4) is 0 Å². The van der Waals surface area contributed by atoms with Gasteiger partial charge in [0.2, 0.25) is 5.91 Å². The molecule has 0 spiro atoms. The number of aromatic amines is 1. The van der Waals surface area contributed by atoms with Gasteiger partial charge in [-0.2, -0.15) is 0 Å². The number of H-pyrrole nitrogens is 1. The van der Waals surface area contributed by atoms with Crippen molar-refractivity contribution in [1.82, 2.24) is 20.6 Å². The molecule has 0 fully saturated rings. The largest absolute Gasteiger partial charge is 0.481 e. The van der Waals surface area contributed by atoms with Gasteiger partial charge < -0.3 is 25.5 Å². The summed E-state index contributed by atoms with van der Waals surface area (Å²) in [7, 11) is 0. The van der Waals surface area contributed by atoms with Gasteiger partial charge in [-0.3, -0.25) is 14.4 Å². The molecule has 2 atom stereocenters. The maximum absolute atomic E-state index is 12.2. The zero-order valence-corrected chi connectivity index (χ0v) is 14.6. The Morgan fingerprint density at radius 3 is 2.56 bits per heavy atom. The van der Waals surface area contributed by atoms with Gasteiger partial charge in [0.15, 0.2) is 0 Å². The molecule has 0 bridgehead atoms. The average molecular weight is 372 g/mol. The fourth-order valence-electron chi connectivity index (χ4n) is 2.33. The zero-order chi connectivity index (χ0) is 19.8. The zero-order valence-electron chi connectivity index (χ0n) is 14.6. The van der Waals surface area contributed by atoms with Crippen LogP contribution in [0.15, 0.2) is 36.5 Å². The molecule has 9 nitrogen and oxygen atoms in total. The maximum Gasteiger partial charge on any atom is 0.305 e. The average Bonchev–Trinajstić information content (AvgIpc) is 3.10. The van der Waals surface area contributed by atoms with Crippen molar-refractivity contribution in [3.8, 4) is 0 Å². The highest BCUT2D eigenvalue weighted by molar-refractivity contribution is 5.96. The Balaban J connectivity index is 1.91. The molecular formula is C18H20N4O5. The fraction of sp³-hybridized carbons (Fsp3) is 0.278. The van der Waals surface area contributed by atoms with E-state index < -0.39 is 36.3 Å². The van der Waals surface area contributed by atoms with Crippen molar-refractivity contribution in [1.29, 1.82) is 0 Å². The first-order valence-corrected chi connectivity index (χ1v) is 8.25. The highest BCUT2D eigenvalue weighted by atomic mass is 16.4. The number of carboxylic acids is 1. The van der Waals surface area contributed by atoms with Crippen LogP contribution in [-0.2, 0) is 20.8 Å². The van der Waals surface area contributed by atoms with Gasteiger partial charge in [-0.1, -0.05) is 30.3 Å². The Labute approximate surface area is 155 Å². The van der Waals surface area contributed by atoms with Crippen LogP contribution in [0.25, 0.3) is 0 Å². The number of rotatable bonds is 9. The SMILES string of the molecule is CC(NC(=O)c1cnc(Cc2ccccc2)[nH]1)C(=O)N[C@H](C=O)CC(=O)O. The third-order valence-electron chi connectivity index (χ3n) is 3.71. The van der Waals surface area contributed by atoms with Crippen LogP contribution in [0.4, 0.5) is 0 Å². The Bertz CT molecular complexity index is 818. The molecule has 0 radical (unpaired) electrons. The summed E-state index contributed by atoms with van der Waals surface area (Å²) in [6, 6.07) is 7.48. The van der Waals surface area contributed by atoms with Gasteiger partial charge in [-0.15, -0.1) is 0 Å². The number of benzene rings is 1. The number of carboxylic acid groups (broad SMARTS) is 1. The maximum atomic E-state index is 12.2. The van der Waals surface area contributed by atoms with Gasteiger partial charge >= 0.3 is 5.97 Å². The minimum absolute atomic E-state index is 0.193. The van der Waals surface area contributed by atoms with Crippen molar-refractivity contribution < 1.29 is 24.3 Å². The number of carbonyl (C=O) groups is 4. The molecule has 0 saturated carbocycles. The van der Waals surface area contributed by atoms with E-state index >= 15 is 0 Å². The first kappa shape index (κ1) is 19.8. The molecule has 27 heavy (non-hydrogen) atoms. The van der Waals surface area contributed by atoms with Gasteiger partial charge in [0, 0.05) is 6.42 Å². The lowest BCUT2D eigenvalue weighted by Crippen LogP contribution is -2.49. The Morgan fingerprint density at radius 2 is 1.93 bits per heavy atom. The van der Waals surface area contributed by atoms with Crippen LogP contribution in [0.5, 0.6) is 0 Å². The molecule has 0 aliphatic carbocycles. The molecule has 1 aromatic heterocycles. The third kappa shape index (κ3) is 6.07. The number of aldehydes is 1. The van der Waals surface area contributed by atoms with Crippen molar-refractivity contribution in [3.63, 3.8) is 0 Å². The summed E-state index contributed by atoms with van der Waals surface area (Å²) < 4.78 is 0. The van der Waals surface area contributed by atoms with Gasteiger partial charge in [0.1, 0.15) is 23.8 Å². The van der Waals surface area contributed by atoms with E-state index in [1.807, 2.05) is 30.3 Å². The second kappa shape index (κ2) is 9.27. The number of imidazole rings is 1. The molecule has 9 heteroatoms. The predicted molar refractivity (Wildman–Crippen MR) is 95.0 cm³/mol. The Kier molecular flexibility index (Phi) is 6.81. The van der Waals surface area contributed by atoms with Crippen LogP contribution in [0.2, 0.25) is 0 Å². The van der Waals surface area contributed by atoms with Crippen LogP contribution in [-0.4, -0.2) is 51.2 Å². The quantitative estimate of drug-likeness (QED) is 0.466. The first-order chi connectivity index (χ1) is 12.9. The molecule has 1 unspecified atom stereocenters. The highest BCUT2D eigenvalue weighted by Gasteiger charge is 2.22. The van der Waals surface area contributed by atoms with Gasteiger partial charge in [-0.05, 0) is 12.5 Å². The summed E-state index contributed by atoms with van der Waals surface area (Å²) in [6.07, 6.45) is 1.71. The molecule has 1 aromatic carbocycles. The van der Waals surface area contributed by atoms with E-state index in [0.717, 1.165) is 5.56 Å². The van der Waals surface area contributed by atoms with Crippen molar-refractivity contribution in [2.45, 2.75) is 31.8 Å². The van der Waals surface area contributed by atoms with Crippen molar-refractivity contribution >= 4 is 24.1 Å². The van der Waals surface area contributed by atoms with Gasteiger partial charge in [0.25, 0.3) is 5.91 Å². The van der Waals surface area contributed by atoms with E-state index in [1.54, 1.807) is 0 Å². The first-order valence-electron chi connectivity index (χ1n) is 8.25. The van der Waals surface area contributed by atoms with E-state index in [-0.39, 0.29) is 5.69 Å². The topological polar surface area (TPSA) is 141 Å². The molecule has 0 aliphatic rings. The standard InChI is InChI=1S/C18H20N4O5/c1-11(17(26)21-13(10-23)8-16(24)25)20-18(27)14-9-19-15(22-14)7-12-5-3-2-4-6-12/h2-6,9-11,13H,7-8H2,1H3,(H,19,22)(H,20,27)(H,21,26)(H,24,25)/t11?,13-/m0/s1. The van der Waals surface area contributed by atoms with Crippen molar-refractivity contribution in [3.05, 3.63) is 53.6 Å². The van der Waals surface area contributed by atoms with Crippen LogP contribution < -0.4 is 10.6 Å². The number of hydrogen-bond donors (Lipinski definition) is 4. The molecule has 2 rings (SSSR count). The second-order valence-corrected chi connectivity index (χ2v) is 5.95. The minimum atomic E-state index is -1.22. The summed E-state index contributed by atoms with van der Waals surface area (Å²) in [6.45, 7) is 1.43. The summed E-state index contributed by atoms with van der Waals surface area (Å²) in [5, 5.41) is 13.4. The normalized spacial score (nSPS) is 12.6. The summed E-state index contributed by atoms with van der Waals surface area (Å²) in [5.74, 6) is -1.81. The van der Waals surface area contributed by atoms with E-state index in [2.05, 4.69) is 20.6 Å². The smallest absolute Gasteiger partial charge is 0.305 e. The van der Waals surface area contributed by atoms with Gasteiger partial charge in [0.05, 0.1) is 18.7 Å². The molecule has 4 N–H and O–H groups in total. The number of hydrogen-bond acceptors (Lipinski definition) is 5. The number of aliphatic carboxylic acids is 1. The monoisotopic (exact) mass is 372 g/mol. The number of amides is 2. The number of nitrogens with zero attached hydrogens (tertiary/aromatic N) is 1. The lowest BCUT2D eigenvalue weighted by molar-refractivity contribution is -0.138. The predicted octanol–water partition coefficient (Wildman–Crippen LogP) is 0.277. The van der Waals surface area contributed by atoms with Crippen LogP contribution in [0.1, 0.15) is 35.2 Å². The van der Waals surface area contributed by atoms with Crippen molar-refractivity contribution in [2.75, 3.05) is 0 Å². The summed E-state index contributed by atoms with van der Waals surface area (Å²) in [5.41, 5.74) is 1.22. The highest BCUT2D eigenvalue weighted by Crippen LogP contribution is 2.06. The molecular weight excluding hydrogens is 352 g/mol. The molecule has 1 heterocycles. The molecule has 0 saturated heterocycles. The second-order valence-electron chi connectivity index (χ2n) is 5.95. The summed E-state index contributed by atoms with van der Waals surface area (Å²) >= 11 is 0. The molecule has 2 aromatic rings. The van der Waals surface area contributed by atoms with E-state index in [9.17, 15) is 19.2 Å². The van der Waals surface area contributed by atoms with Crippen molar-refractivity contribution in [2.24, 2.45) is 0 Å². The lowest BCUT2D eigenvalue weighted by atomic mass is 10.1. The summed E-state index contributed by atoms with van der Waals surface area (Å²) in [4.78, 5) is 52.7. The fourth-order valence-corrected chi connectivity index (χ4v) is 2.33. The number of carbonyl (C=O) groups excluding carboxylic acids is 3. The molecule has 2 amide bonds. The Morgan fingerprint density at radius 1 is 1.22 bits per heavy atom.